The minimum atomic E-state index is -5.12. The van der Waals surface area contributed by atoms with Gasteiger partial charge in [-0.3, -0.25) is 18.6 Å². The third-order valence-corrected chi connectivity index (χ3v) is 11.9. The molecule has 0 aromatic heterocycles. The van der Waals surface area contributed by atoms with Crippen LogP contribution in [0, 0.1) is 0 Å². The van der Waals surface area contributed by atoms with Gasteiger partial charge in [0.2, 0.25) is 0 Å². The highest BCUT2D eigenvalue weighted by Gasteiger charge is 2.51. The number of allylic oxidation sites excluding steroid dienone is 6. The molecule has 8 atom stereocenters. The highest BCUT2D eigenvalue weighted by atomic mass is 31.2. The number of aliphatic hydroxyl groups excluding tert-OH is 5. The van der Waals surface area contributed by atoms with E-state index in [1.165, 1.54) is 77.0 Å². The number of hydrogen-bond acceptors (Lipinski definition) is 12. The van der Waals surface area contributed by atoms with Gasteiger partial charge in [0.15, 0.2) is 6.10 Å². The van der Waals surface area contributed by atoms with Gasteiger partial charge in [-0.25, -0.2) is 4.57 Å². The summed E-state index contributed by atoms with van der Waals surface area (Å²) in [5.74, 6) is -1.12. The average molecular weight is 889 g/mol. The molecule has 1 aliphatic carbocycles. The largest absolute Gasteiger partial charge is 0.472 e. The second kappa shape index (κ2) is 37.4. The van der Waals surface area contributed by atoms with Crippen molar-refractivity contribution in [3.05, 3.63) is 36.5 Å². The van der Waals surface area contributed by atoms with Crippen molar-refractivity contribution < 1.29 is 63.1 Å². The molecule has 356 valence electrons. The molecule has 6 unspecified atom stereocenters. The first-order chi connectivity index (χ1) is 29.4. The fraction of sp³-hybridized carbons (Fsp3) is 0.830. The molecule has 0 aliphatic heterocycles. The number of carbonyl (C=O) groups is 2. The number of hydrogen-bond donors (Lipinski definition) is 6. The molecule has 0 heterocycles. The summed E-state index contributed by atoms with van der Waals surface area (Å²) < 4.78 is 33.5. The lowest BCUT2D eigenvalue weighted by Gasteiger charge is -2.41. The number of rotatable bonds is 39. The lowest BCUT2D eigenvalue weighted by Crippen LogP contribution is -2.64. The number of carbonyl (C=O) groups excluding carboxylic acids is 2. The Hall–Kier alpha value is -1.93. The first-order valence-electron chi connectivity index (χ1n) is 23.8. The SMILES string of the molecule is CCCCC/C=C\C/C=C\CCCCCCCC(=O)O[C@H](COC(=O)CCCCCCCCC/C=C\CCCCCCCC)COP(=O)(O)OC1C(O)C(O)C(O)[C@@H](O)C1O. The molecule has 0 aromatic rings. The summed E-state index contributed by atoms with van der Waals surface area (Å²) in [6.07, 6.45) is 29.1. The fourth-order valence-corrected chi connectivity index (χ4v) is 8.05. The molecule has 0 spiro atoms. The second-order valence-corrected chi connectivity index (χ2v) is 18.0. The van der Waals surface area contributed by atoms with Gasteiger partial charge in [0.25, 0.3) is 0 Å². The quantitative estimate of drug-likeness (QED) is 0.0147. The summed E-state index contributed by atoms with van der Waals surface area (Å²) in [7, 11) is -5.12. The number of aliphatic hydroxyl groups is 5. The Morgan fingerprint density at radius 3 is 1.38 bits per heavy atom. The maximum Gasteiger partial charge on any atom is 0.472 e. The van der Waals surface area contributed by atoms with E-state index in [0.29, 0.717) is 12.8 Å². The minimum absolute atomic E-state index is 0.0801. The zero-order valence-corrected chi connectivity index (χ0v) is 38.6. The standard InChI is InChI=1S/C47H85O13P/c1-3-5-7-9-11-13-15-17-19-20-22-23-25-27-29-31-33-35-40(48)57-37-39(38-58-61(55,56)60-47-45(53)43(51)42(50)44(52)46(47)54)59-41(49)36-34-32-30-28-26-24-21-18-16-14-12-10-8-6-4-2/h12,14,17-19,21,39,42-47,50-54H,3-11,13,15-16,20,22-38H2,1-2H3,(H,55,56)/b14-12-,19-17-,21-18-/t39-,42?,43-,44?,45?,46?,47?/m1/s1. The molecule has 1 saturated carbocycles. The molecule has 14 heteroatoms. The van der Waals surface area contributed by atoms with Gasteiger partial charge in [0.05, 0.1) is 6.61 Å². The second-order valence-electron chi connectivity index (χ2n) is 16.6. The summed E-state index contributed by atoms with van der Waals surface area (Å²) in [6.45, 7) is 3.26. The molecular formula is C47H85O13P. The molecule has 1 aliphatic rings. The smallest absolute Gasteiger partial charge is 0.462 e. The summed E-state index contributed by atoms with van der Waals surface area (Å²) in [5.41, 5.74) is 0. The van der Waals surface area contributed by atoms with Crippen molar-refractivity contribution >= 4 is 19.8 Å². The normalized spacial score (nSPS) is 22.3. The van der Waals surface area contributed by atoms with Gasteiger partial charge in [-0.05, 0) is 70.6 Å². The summed E-state index contributed by atoms with van der Waals surface area (Å²) >= 11 is 0. The predicted molar refractivity (Wildman–Crippen MR) is 240 cm³/mol. The molecule has 6 N–H and O–H groups in total. The maximum atomic E-state index is 12.8. The molecule has 0 saturated heterocycles. The van der Waals surface area contributed by atoms with E-state index >= 15 is 0 Å². The molecule has 0 aromatic carbocycles. The Bertz CT molecular complexity index is 1210. The number of phosphoric ester groups is 1. The lowest BCUT2D eigenvalue weighted by molar-refractivity contribution is -0.220. The summed E-state index contributed by atoms with van der Waals surface area (Å²) in [5, 5.41) is 50.2. The van der Waals surface area contributed by atoms with E-state index in [2.05, 4.69) is 50.3 Å². The Kier molecular flexibility index (Phi) is 35.0. The van der Waals surface area contributed by atoms with Crippen molar-refractivity contribution in [1.82, 2.24) is 0 Å². The minimum Gasteiger partial charge on any atom is -0.462 e. The van der Waals surface area contributed by atoms with E-state index in [1.807, 2.05) is 0 Å². The molecule has 1 fully saturated rings. The van der Waals surface area contributed by atoms with Gasteiger partial charge in [0, 0.05) is 12.8 Å². The molecule has 0 bridgehead atoms. The van der Waals surface area contributed by atoms with Crippen molar-refractivity contribution in [2.75, 3.05) is 13.2 Å². The first-order valence-corrected chi connectivity index (χ1v) is 25.3. The average Bonchev–Trinajstić information content (AvgIpc) is 3.24. The number of esters is 2. The van der Waals surface area contributed by atoms with Gasteiger partial charge in [-0.1, -0.05) is 147 Å². The third-order valence-electron chi connectivity index (χ3n) is 11.0. The predicted octanol–water partition coefficient (Wildman–Crippen LogP) is 9.39. The van der Waals surface area contributed by atoms with Crippen LogP contribution in [-0.2, 0) is 32.7 Å². The van der Waals surface area contributed by atoms with Crippen LogP contribution in [0.5, 0.6) is 0 Å². The third kappa shape index (κ3) is 30.0. The van der Waals surface area contributed by atoms with Crippen LogP contribution in [0.2, 0.25) is 0 Å². The lowest BCUT2D eigenvalue weighted by atomic mass is 9.85. The van der Waals surface area contributed by atoms with Gasteiger partial charge in [-0.2, -0.15) is 0 Å². The number of ether oxygens (including phenoxy) is 2. The van der Waals surface area contributed by atoms with E-state index in [0.717, 1.165) is 77.0 Å². The zero-order valence-electron chi connectivity index (χ0n) is 37.7. The van der Waals surface area contributed by atoms with Crippen molar-refractivity contribution in [1.29, 1.82) is 0 Å². The monoisotopic (exact) mass is 889 g/mol. The molecule has 13 nitrogen and oxygen atoms in total. The van der Waals surface area contributed by atoms with Gasteiger partial charge < -0.3 is 39.9 Å². The van der Waals surface area contributed by atoms with Gasteiger partial charge >= 0.3 is 19.8 Å². The van der Waals surface area contributed by atoms with Crippen LogP contribution in [0.4, 0.5) is 0 Å². The van der Waals surface area contributed by atoms with Crippen molar-refractivity contribution in [2.24, 2.45) is 0 Å². The van der Waals surface area contributed by atoms with Crippen LogP contribution in [0.3, 0.4) is 0 Å². The van der Waals surface area contributed by atoms with Crippen molar-refractivity contribution in [2.45, 2.75) is 236 Å². The van der Waals surface area contributed by atoms with Crippen LogP contribution >= 0.6 is 7.82 Å². The zero-order chi connectivity index (χ0) is 45.0. The van der Waals surface area contributed by atoms with Crippen LogP contribution in [-0.4, -0.2) is 98.3 Å². The molecule has 0 amide bonds. The molecule has 1 rings (SSSR count). The van der Waals surface area contributed by atoms with E-state index in [9.17, 15) is 44.6 Å². The van der Waals surface area contributed by atoms with E-state index < -0.39 is 75.7 Å². The Balaban J connectivity index is 2.45. The van der Waals surface area contributed by atoms with E-state index in [4.69, 9.17) is 18.5 Å². The van der Waals surface area contributed by atoms with E-state index in [-0.39, 0.29) is 12.8 Å². The van der Waals surface area contributed by atoms with Crippen LogP contribution < -0.4 is 0 Å². The molecular weight excluding hydrogens is 803 g/mol. The Labute approximate surface area is 368 Å². The Morgan fingerprint density at radius 1 is 0.508 bits per heavy atom. The summed E-state index contributed by atoms with van der Waals surface area (Å²) in [4.78, 5) is 35.7. The van der Waals surface area contributed by atoms with Crippen molar-refractivity contribution in [3.8, 4) is 0 Å². The van der Waals surface area contributed by atoms with Crippen LogP contribution in [0.15, 0.2) is 36.5 Å². The number of unbranched alkanes of at least 4 members (excludes halogenated alkanes) is 21. The van der Waals surface area contributed by atoms with Gasteiger partial charge in [-0.15, -0.1) is 0 Å². The highest BCUT2D eigenvalue weighted by Crippen LogP contribution is 2.47. The van der Waals surface area contributed by atoms with Gasteiger partial charge in [0.1, 0.15) is 43.2 Å². The molecule has 61 heavy (non-hydrogen) atoms. The first kappa shape index (κ1) is 57.1. The van der Waals surface area contributed by atoms with Crippen LogP contribution in [0.25, 0.3) is 0 Å². The maximum absolute atomic E-state index is 12.8. The van der Waals surface area contributed by atoms with Crippen LogP contribution in [0.1, 0.15) is 194 Å². The fourth-order valence-electron chi connectivity index (χ4n) is 7.08. The number of phosphoric acid groups is 1. The highest BCUT2D eigenvalue weighted by molar-refractivity contribution is 7.47. The van der Waals surface area contributed by atoms with E-state index in [1.54, 1.807) is 0 Å². The topological polar surface area (TPSA) is 210 Å². The van der Waals surface area contributed by atoms with Crippen molar-refractivity contribution in [3.63, 3.8) is 0 Å². The Morgan fingerprint density at radius 2 is 0.885 bits per heavy atom. The molecule has 0 radical (unpaired) electrons. The summed E-state index contributed by atoms with van der Waals surface area (Å²) in [6, 6.07) is 0.